The highest BCUT2D eigenvalue weighted by atomic mass is 16.3. The van der Waals surface area contributed by atoms with E-state index >= 15 is 0 Å². The number of aromatic hydroxyl groups is 3. The topological polar surface area (TPSA) is 111 Å². The molecule has 3 aromatic rings. The first kappa shape index (κ1) is 21.5. The summed E-state index contributed by atoms with van der Waals surface area (Å²) in [5.74, 6) is -1.03. The number of phenols is 3. The maximum Gasteiger partial charge on any atom is 0.204 e. The van der Waals surface area contributed by atoms with E-state index in [0.29, 0.717) is 17.5 Å². The molecule has 0 saturated heterocycles. The molecule has 158 valence electrons. The predicted molar refractivity (Wildman–Crippen MR) is 117 cm³/mol. The molecule has 0 amide bonds. The average Bonchev–Trinajstić information content (AvgIpc) is 2.67. The van der Waals surface area contributed by atoms with Gasteiger partial charge in [0.1, 0.15) is 22.3 Å². The van der Waals surface area contributed by atoms with Crippen molar-refractivity contribution in [2.24, 2.45) is 0 Å². The number of rotatable bonds is 5. The molecule has 0 radical (unpaired) electrons. The second kappa shape index (κ2) is 8.24. The van der Waals surface area contributed by atoms with Gasteiger partial charge in [0, 0.05) is 17.2 Å². The van der Waals surface area contributed by atoms with Gasteiger partial charge in [0.2, 0.25) is 5.43 Å². The van der Waals surface area contributed by atoms with Crippen LogP contribution in [0, 0.1) is 0 Å². The molecule has 1 heterocycles. The largest absolute Gasteiger partial charge is 0.507 e. The van der Waals surface area contributed by atoms with Crippen molar-refractivity contribution in [3.63, 3.8) is 0 Å². The molecule has 0 fully saturated rings. The van der Waals surface area contributed by atoms with Gasteiger partial charge < -0.3 is 24.8 Å². The van der Waals surface area contributed by atoms with Gasteiger partial charge in [-0.25, -0.2) is 0 Å². The minimum Gasteiger partial charge on any atom is -0.507 e. The van der Waals surface area contributed by atoms with E-state index in [1.807, 2.05) is 39.8 Å². The van der Waals surface area contributed by atoms with Gasteiger partial charge in [0.05, 0.1) is 12.0 Å². The molecule has 0 atom stereocenters. The van der Waals surface area contributed by atoms with Crippen molar-refractivity contribution in [3.05, 3.63) is 62.3 Å². The standard InChI is InChI=1S/C24H26O6/c1-12(2)5-7-15-14(11-25)9-18-21(23(15)28)24(29)20-16(8-6-13(3)4)22(27)17(26)10-19(20)30-18/h5-6,9-10,25-28H,7-8,11H2,1-4H3. The molecule has 0 aliphatic rings. The van der Waals surface area contributed by atoms with Gasteiger partial charge in [-0.2, -0.15) is 0 Å². The molecule has 1 aromatic heterocycles. The van der Waals surface area contributed by atoms with Crippen molar-refractivity contribution in [1.29, 1.82) is 0 Å². The Morgan fingerprint density at radius 3 is 2.00 bits per heavy atom. The van der Waals surface area contributed by atoms with E-state index in [1.54, 1.807) is 0 Å². The van der Waals surface area contributed by atoms with Crippen LogP contribution in [0.2, 0.25) is 0 Å². The van der Waals surface area contributed by atoms with Crippen LogP contribution in [0.1, 0.15) is 44.4 Å². The van der Waals surface area contributed by atoms with Crippen LogP contribution in [0.4, 0.5) is 0 Å². The zero-order valence-electron chi connectivity index (χ0n) is 17.5. The highest BCUT2D eigenvalue weighted by molar-refractivity contribution is 5.97. The number of aliphatic hydroxyl groups excluding tert-OH is 1. The lowest BCUT2D eigenvalue weighted by molar-refractivity contribution is 0.280. The summed E-state index contributed by atoms with van der Waals surface area (Å²) in [4.78, 5) is 13.4. The third-order valence-electron chi connectivity index (χ3n) is 5.08. The van der Waals surface area contributed by atoms with Gasteiger partial charge in [0.15, 0.2) is 11.5 Å². The van der Waals surface area contributed by atoms with Crippen molar-refractivity contribution < 1.29 is 24.8 Å². The van der Waals surface area contributed by atoms with Crippen LogP contribution in [-0.2, 0) is 19.4 Å². The first-order chi connectivity index (χ1) is 14.1. The lowest BCUT2D eigenvalue weighted by Gasteiger charge is -2.14. The second-order valence-electron chi connectivity index (χ2n) is 7.89. The average molecular weight is 410 g/mol. The minimum absolute atomic E-state index is 0.0135. The summed E-state index contributed by atoms with van der Waals surface area (Å²) in [6.45, 7) is 7.28. The van der Waals surface area contributed by atoms with Gasteiger partial charge in [-0.3, -0.25) is 4.79 Å². The molecule has 0 saturated carbocycles. The minimum atomic E-state index is -0.501. The summed E-state index contributed by atoms with van der Waals surface area (Å²) in [6, 6.07) is 2.72. The monoisotopic (exact) mass is 410 g/mol. The summed E-state index contributed by atoms with van der Waals surface area (Å²) < 4.78 is 5.84. The van der Waals surface area contributed by atoms with Gasteiger partial charge in [0.25, 0.3) is 0 Å². The Balaban J connectivity index is 2.45. The van der Waals surface area contributed by atoms with Crippen LogP contribution in [0.5, 0.6) is 17.2 Å². The number of phenolic OH excluding ortho intramolecular Hbond substituents is 3. The van der Waals surface area contributed by atoms with E-state index in [-0.39, 0.29) is 52.0 Å². The van der Waals surface area contributed by atoms with E-state index in [2.05, 4.69) is 0 Å². The molecule has 0 bridgehead atoms. The molecule has 0 aliphatic carbocycles. The molecule has 6 nitrogen and oxygen atoms in total. The lowest BCUT2D eigenvalue weighted by atomic mass is 9.96. The van der Waals surface area contributed by atoms with Crippen LogP contribution < -0.4 is 5.43 Å². The third-order valence-corrected chi connectivity index (χ3v) is 5.08. The maximum absolute atomic E-state index is 13.4. The fourth-order valence-electron chi connectivity index (χ4n) is 3.48. The predicted octanol–water partition coefficient (Wildman–Crippen LogP) is 4.57. The zero-order chi connectivity index (χ0) is 22.2. The Morgan fingerprint density at radius 2 is 1.43 bits per heavy atom. The van der Waals surface area contributed by atoms with E-state index < -0.39 is 11.2 Å². The lowest BCUT2D eigenvalue weighted by Crippen LogP contribution is -2.08. The molecule has 30 heavy (non-hydrogen) atoms. The molecule has 0 unspecified atom stereocenters. The Morgan fingerprint density at radius 1 is 0.867 bits per heavy atom. The molecule has 3 rings (SSSR count). The number of aliphatic hydroxyl groups is 1. The van der Waals surface area contributed by atoms with Crippen molar-refractivity contribution >= 4 is 21.9 Å². The molecular weight excluding hydrogens is 384 g/mol. The van der Waals surface area contributed by atoms with E-state index in [9.17, 15) is 25.2 Å². The highest BCUT2D eigenvalue weighted by Crippen LogP contribution is 2.39. The zero-order valence-corrected chi connectivity index (χ0v) is 17.5. The van der Waals surface area contributed by atoms with E-state index in [4.69, 9.17) is 4.42 Å². The molecular formula is C24H26O6. The van der Waals surface area contributed by atoms with Gasteiger partial charge in [-0.15, -0.1) is 0 Å². The molecule has 2 aromatic carbocycles. The fourth-order valence-corrected chi connectivity index (χ4v) is 3.48. The highest BCUT2D eigenvalue weighted by Gasteiger charge is 2.22. The van der Waals surface area contributed by atoms with Crippen molar-refractivity contribution in [3.8, 4) is 17.2 Å². The van der Waals surface area contributed by atoms with Crippen LogP contribution in [0.3, 0.4) is 0 Å². The first-order valence-corrected chi connectivity index (χ1v) is 9.71. The Labute approximate surface area is 174 Å². The molecule has 4 N–H and O–H groups in total. The molecule has 0 aliphatic heterocycles. The second-order valence-corrected chi connectivity index (χ2v) is 7.89. The normalized spacial score (nSPS) is 11.1. The summed E-state index contributed by atoms with van der Waals surface area (Å²) >= 11 is 0. The molecule has 6 heteroatoms. The quantitative estimate of drug-likeness (QED) is 0.278. The maximum atomic E-state index is 13.4. The first-order valence-electron chi connectivity index (χ1n) is 9.71. The number of benzene rings is 2. The number of hydrogen-bond acceptors (Lipinski definition) is 6. The fraction of sp³-hybridized carbons (Fsp3) is 0.292. The van der Waals surface area contributed by atoms with E-state index in [0.717, 1.165) is 11.1 Å². The summed E-state index contributed by atoms with van der Waals surface area (Å²) in [7, 11) is 0. The third kappa shape index (κ3) is 3.78. The Bertz CT molecular complexity index is 1250. The van der Waals surface area contributed by atoms with Crippen molar-refractivity contribution in [2.75, 3.05) is 0 Å². The van der Waals surface area contributed by atoms with Crippen molar-refractivity contribution in [1.82, 2.24) is 0 Å². The van der Waals surface area contributed by atoms with Gasteiger partial charge in [-0.1, -0.05) is 23.3 Å². The van der Waals surface area contributed by atoms with Gasteiger partial charge >= 0.3 is 0 Å². The Kier molecular flexibility index (Phi) is 5.89. The van der Waals surface area contributed by atoms with Crippen LogP contribution in [0.25, 0.3) is 21.9 Å². The summed E-state index contributed by atoms with van der Waals surface area (Å²) in [5, 5.41) is 41.3. The number of hydrogen-bond donors (Lipinski definition) is 4. The number of fused-ring (bicyclic) bond motifs is 2. The van der Waals surface area contributed by atoms with Crippen molar-refractivity contribution in [2.45, 2.75) is 47.1 Å². The Hall–Kier alpha value is -3.25. The molecule has 0 spiro atoms. The summed E-state index contributed by atoms with van der Waals surface area (Å²) in [5.41, 5.74) is 2.86. The van der Waals surface area contributed by atoms with Crippen LogP contribution >= 0.6 is 0 Å². The van der Waals surface area contributed by atoms with E-state index in [1.165, 1.54) is 12.1 Å². The van der Waals surface area contributed by atoms with Gasteiger partial charge in [-0.05, 0) is 52.2 Å². The SMILES string of the molecule is CC(C)=CCc1c(CO)cc2oc3cc(O)c(O)c(CC=C(C)C)c3c(=O)c2c1O. The smallest absolute Gasteiger partial charge is 0.204 e. The van der Waals surface area contributed by atoms with Crippen LogP contribution in [0.15, 0.2) is 44.6 Å². The summed E-state index contributed by atoms with van der Waals surface area (Å²) in [6.07, 6.45) is 4.29. The number of allylic oxidation sites excluding steroid dienone is 4. The van der Waals surface area contributed by atoms with Crippen LogP contribution in [-0.4, -0.2) is 20.4 Å².